The van der Waals surface area contributed by atoms with E-state index in [1.54, 1.807) is 0 Å². The van der Waals surface area contributed by atoms with E-state index in [2.05, 4.69) is 13.8 Å². The van der Waals surface area contributed by atoms with E-state index < -0.39 is 5.97 Å². The van der Waals surface area contributed by atoms with Crippen molar-refractivity contribution in [1.82, 2.24) is 0 Å². The third-order valence-electron chi connectivity index (χ3n) is 3.19. The van der Waals surface area contributed by atoms with Gasteiger partial charge < -0.3 is 9.84 Å². The van der Waals surface area contributed by atoms with Crippen LogP contribution in [0.3, 0.4) is 0 Å². The van der Waals surface area contributed by atoms with Crippen molar-refractivity contribution in [3.63, 3.8) is 0 Å². The van der Waals surface area contributed by atoms with E-state index in [4.69, 9.17) is 9.84 Å². The maximum absolute atomic E-state index is 10.7. The van der Waals surface area contributed by atoms with Crippen LogP contribution in [0.4, 0.5) is 0 Å². The van der Waals surface area contributed by atoms with Gasteiger partial charge in [0.05, 0.1) is 12.0 Å². The number of hydrogen-bond acceptors (Lipinski definition) is 2. The molecule has 0 spiro atoms. The lowest BCUT2D eigenvalue weighted by Crippen LogP contribution is -2.43. The maximum atomic E-state index is 10.7. The van der Waals surface area contributed by atoms with E-state index in [1.807, 2.05) is 0 Å². The van der Waals surface area contributed by atoms with Crippen LogP contribution in [0.2, 0.25) is 0 Å². The van der Waals surface area contributed by atoms with Crippen molar-refractivity contribution >= 4 is 5.97 Å². The lowest BCUT2D eigenvalue weighted by atomic mass is 9.77. The standard InChI is InChI=1S/C12H22O3/c1-3-5-10(2)9-15-12(6-4-7-12)8-11(13)14/h10H,3-9H2,1-2H3,(H,13,14). The van der Waals surface area contributed by atoms with Gasteiger partial charge in [-0.05, 0) is 31.6 Å². The normalized spacial score (nSPS) is 20.7. The van der Waals surface area contributed by atoms with Gasteiger partial charge in [-0.3, -0.25) is 4.79 Å². The molecular weight excluding hydrogens is 192 g/mol. The molecule has 3 heteroatoms. The summed E-state index contributed by atoms with van der Waals surface area (Å²) in [4.78, 5) is 10.7. The maximum Gasteiger partial charge on any atom is 0.306 e. The summed E-state index contributed by atoms with van der Waals surface area (Å²) in [5.41, 5.74) is -0.326. The first-order chi connectivity index (χ1) is 7.08. The Morgan fingerprint density at radius 3 is 2.60 bits per heavy atom. The number of carbonyl (C=O) groups is 1. The van der Waals surface area contributed by atoms with Gasteiger partial charge in [0.2, 0.25) is 0 Å². The van der Waals surface area contributed by atoms with Crippen LogP contribution in [0.15, 0.2) is 0 Å². The van der Waals surface area contributed by atoms with Crippen LogP contribution in [0, 0.1) is 5.92 Å². The molecule has 0 heterocycles. The highest BCUT2D eigenvalue weighted by molar-refractivity contribution is 5.68. The lowest BCUT2D eigenvalue weighted by molar-refractivity contribution is -0.156. The molecule has 0 aromatic heterocycles. The van der Waals surface area contributed by atoms with Gasteiger partial charge >= 0.3 is 5.97 Å². The van der Waals surface area contributed by atoms with Gasteiger partial charge in [0.1, 0.15) is 0 Å². The van der Waals surface area contributed by atoms with E-state index in [0.29, 0.717) is 12.5 Å². The van der Waals surface area contributed by atoms with E-state index in [0.717, 1.165) is 32.1 Å². The van der Waals surface area contributed by atoms with Crippen molar-refractivity contribution in [2.24, 2.45) is 5.92 Å². The molecule has 0 aromatic rings. The second-order valence-corrected chi connectivity index (χ2v) is 4.81. The monoisotopic (exact) mass is 214 g/mol. The lowest BCUT2D eigenvalue weighted by Gasteiger charge is -2.41. The summed E-state index contributed by atoms with van der Waals surface area (Å²) in [7, 11) is 0. The predicted octanol–water partition coefficient (Wildman–Crippen LogP) is 2.84. The smallest absolute Gasteiger partial charge is 0.306 e. The third kappa shape index (κ3) is 3.82. The zero-order chi connectivity index (χ0) is 11.3. The van der Waals surface area contributed by atoms with Crippen LogP contribution in [-0.2, 0) is 9.53 Å². The van der Waals surface area contributed by atoms with Crippen molar-refractivity contribution in [3.05, 3.63) is 0 Å². The van der Waals surface area contributed by atoms with Gasteiger partial charge in [0.15, 0.2) is 0 Å². The molecule has 0 bridgehead atoms. The Labute approximate surface area is 91.8 Å². The van der Waals surface area contributed by atoms with Gasteiger partial charge in [-0.15, -0.1) is 0 Å². The van der Waals surface area contributed by atoms with Crippen LogP contribution in [0.1, 0.15) is 52.4 Å². The van der Waals surface area contributed by atoms with E-state index in [9.17, 15) is 4.79 Å². The molecule has 0 amide bonds. The molecule has 1 aliphatic carbocycles. The molecule has 3 nitrogen and oxygen atoms in total. The summed E-state index contributed by atoms with van der Waals surface area (Å²) >= 11 is 0. The Bertz CT molecular complexity index is 209. The molecule has 1 atom stereocenters. The van der Waals surface area contributed by atoms with Gasteiger partial charge in [0, 0.05) is 6.61 Å². The average Bonchev–Trinajstić information content (AvgIpc) is 2.09. The quantitative estimate of drug-likeness (QED) is 0.708. The molecule has 88 valence electrons. The van der Waals surface area contributed by atoms with Crippen LogP contribution in [0.25, 0.3) is 0 Å². The second kappa shape index (κ2) is 5.50. The van der Waals surface area contributed by atoms with Crippen LogP contribution < -0.4 is 0 Å². The second-order valence-electron chi connectivity index (χ2n) is 4.81. The molecule has 0 aliphatic heterocycles. The first kappa shape index (κ1) is 12.5. The summed E-state index contributed by atoms with van der Waals surface area (Å²) in [6, 6.07) is 0. The van der Waals surface area contributed by atoms with Gasteiger partial charge in [0.25, 0.3) is 0 Å². The molecule has 1 unspecified atom stereocenters. The van der Waals surface area contributed by atoms with E-state index in [-0.39, 0.29) is 12.0 Å². The SMILES string of the molecule is CCCC(C)COC1(CC(=O)O)CCC1. The van der Waals surface area contributed by atoms with Crippen molar-refractivity contribution in [3.8, 4) is 0 Å². The fourth-order valence-corrected chi connectivity index (χ4v) is 2.11. The molecule has 1 saturated carbocycles. The zero-order valence-corrected chi connectivity index (χ0v) is 9.79. The zero-order valence-electron chi connectivity index (χ0n) is 9.79. The van der Waals surface area contributed by atoms with Crippen molar-refractivity contribution in [1.29, 1.82) is 0 Å². The minimum absolute atomic E-state index is 0.172. The summed E-state index contributed by atoms with van der Waals surface area (Å²) in [5, 5.41) is 8.80. The largest absolute Gasteiger partial charge is 0.481 e. The highest BCUT2D eigenvalue weighted by Gasteiger charge is 2.40. The molecule has 1 rings (SSSR count). The summed E-state index contributed by atoms with van der Waals surface area (Å²) in [6.45, 7) is 5.03. The van der Waals surface area contributed by atoms with Crippen LogP contribution >= 0.6 is 0 Å². The average molecular weight is 214 g/mol. The fraction of sp³-hybridized carbons (Fsp3) is 0.917. The minimum Gasteiger partial charge on any atom is -0.481 e. The predicted molar refractivity (Wildman–Crippen MR) is 58.9 cm³/mol. The molecular formula is C12H22O3. The molecule has 1 fully saturated rings. The number of hydrogen-bond donors (Lipinski definition) is 1. The Kier molecular flexibility index (Phi) is 4.58. The van der Waals surface area contributed by atoms with Gasteiger partial charge in [-0.25, -0.2) is 0 Å². The first-order valence-electron chi connectivity index (χ1n) is 5.94. The molecule has 0 radical (unpaired) electrons. The Balaban J connectivity index is 2.30. The number of ether oxygens (including phenoxy) is 1. The summed E-state index contributed by atoms with van der Waals surface area (Å²) in [6.07, 6.45) is 5.43. The van der Waals surface area contributed by atoms with Gasteiger partial charge in [-0.2, -0.15) is 0 Å². The van der Waals surface area contributed by atoms with Gasteiger partial charge in [-0.1, -0.05) is 20.3 Å². The highest BCUT2D eigenvalue weighted by Crippen LogP contribution is 2.39. The van der Waals surface area contributed by atoms with Crippen LogP contribution in [-0.4, -0.2) is 23.3 Å². The molecule has 1 N–H and O–H groups in total. The van der Waals surface area contributed by atoms with Crippen molar-refractivity contribution in [2.75, 3.05) is 6.61 Å². The Hall–Kier alpha value is -0.570. The number of aliphatic carboxylic acids is 1. The van der Waals surface area contributed by atoms with Crippen molar-refractivity contribution < 1.29 is 14.6 Å². The Morgan fingerprint density at radius 1 is 1.53 bits per heavy atom. The van der Waals surface area contributed by atoms with E-state index >= 15 is 0 Å². The minimum atomic E-state index is -0.738. The first-order valence-corrected chi connectivity index (χ1v) is 5.94. The molecule has 0 saturated heterocycles. The number of carboxylic acid groups (broad SMARTS) is 1. The fourth-order valence-electron chi connectivity index (χ4n) is 2.11. The third-order valence-corrected chi connectivity index (χ3v) is 3.19. The van der Waals surface area contributed by atoms with Crippen molar-refractivity contribution in [2.45, 2.75) is 58.0 Å². The topological polar surface area (TPSA) is 46.5 Å². The summed E-state index contributed by atoms with van der Waals surface area (Å²) < 4.78 is 5.81. The summed E-state index contributed by atoms with van der Waals surface area (Å²) in [5.74, 6) is -0.195. The highest BCUT2D eigenvalue weighted by atomic mass is 16.5. The molecule has 0 aromatic carbocycles. The van der Waals surface area contributed by atoms with E-state index in [1.165, 1.54) is 0 Å². The number of carboxylic acids is 1. The molecule has 1 aliphatic rings. The molecule has 15 heavy (non-hydrogen) atoms. The van der Waals surface area contributed by atoms with Crippen LogP contribution in [0.5, 0.6) is 0 Å². The Morgan fingerprint density at radius 2 is 2.20 bits per heavy atom. The number of rotatable bonds is 7.